The van der Waals surface area contributed by atoms with Gasteiger partial charge in [-0.15, -0.1) is 0 Å². The van der Waals surface area contributed by atoms with Gasteiger partial charge < -0.3 is 9.84 Å². The zero-order valence-electron chi connectivity index (χ0n) is 16.4. The summed E-state index contributed by atoms with van der Waals surface area (Å²) in [5.41, 5.74) is 3.35. The number of aryl methyl sites for hydroxylation is 1. The average Bonchev–Trinajstić information content (AvgIpc) is 2.71. The Bertz CT molecular complexity index is 835. The van der Waals surface area contributed by atoms with E-state index in [1.807, 2.05) is 0 Å². The molecule has 0 aromatic heterocycles. The molecule has 0 unspecified atom stereocenters. The van der Waals surface area contributed by atoms with E-state index in [2.05, 4.69) is 36.1 Å². The molecule has 29 heavy (non-hydrogen) atoms. The van der Waals surface area contributed by atoms with E-state index in [1.165, 1.54) is 17.7 Å². The first-order chi connectivity index (χ1) is 14.0. The van der Waals surface area contributed by atoms with Crippen LogP contribution in [0.2, 0.25) is 5.02 Å². The average molecular weight is 414 g/mol. The van der Waals surface area contributed by atoms with Crippen molar-refractivity contribution in [3.63, 3.8) is 0 Å². The van der Waals surface area contributed by atoms with Crippen molar-refractivity contribution in [1.82, 2.24) is 4.90 Å². The normalized spacial score (nSPS) is 12.2. The van der Waals surface area contributed by atoms with Gasteiger partial charge in [0.15, 0.2) is 0 Å². The van der Waals surface area contributed by atoms with Gasteiger partial charge in [-0.2, -0.15) is 0 Å². The predicted molar refractivity (Wildman–Crippen MR) is 115 cm³/mol. The summed E-state index contributed by atoms with van der Waals surface area (Å²) in [7, 11) is 0. The zero-order valence-corrected chi connectivity index (χ0v) is 17.1. The fourth-order valence-electron chi connectivity index (χ4n) is 3.06. The molecule has 1 atom stereocenters. The number of aliphatic hydroxyl groups excluding tert-OH is 1. The summed E-state index contributed by atoms with van der Waals surface area (Å²) >= 11 is 5.88. The molecule has 3 aromatic rings. The van der Waals surface area contributed by atoms with E-state index in [0.717, 1.165) is 11.1 Å². The van der Waals surface area contributed by atoms with Crippen LogP contribution in [0.1, 0.15) is 16.7 Å². The molecule has 3 rings (SSSR count). The molecule has 0 radical (unpaired) electrons. The second-order valence-electron chi connectivity index (χ2n) is 7.20. The van der Waals surface area contributed by atoms with Gasteiger partial charge in [0, 0.05) is 24.7 Å². The zero-order chi connectivity index (χ0) is 20.6. The van der Waals surface area contributed by atoms with Gasteiger partial charge in [0.05, 0.1) is 0 Å². The number of ether oxygens (including phenoxy) is 1. The molecule has 0 aliphatic carbocycles. The Kier molecular flexibility index (Phi) is 7.64. The predicted octanol–water partition coefficient (Wildman–Crippen LogP) is 5.23. The highest BCUT2D eigenvalue weighted by Gasteiger charge is 2.14. The first-order valence-electron chi connectivity index (χ1n) is 9.57. The van der Waals surface area contributed by atoms with Crippen LogP contribution < -0.4 is 4.74 Å². The molecule has 3 aromatic carbocycles. The van der Waals surface area contributed by atoms with E-state index in [0.29, 0.717) is 30.4 Å². The summed E-state index contributed by atoms with van der Waals surface area (Å²) in [4.78, 5) is 2.13. The molecule has 0 heterocycles. The van der Waals surface area contributed by atoms with Gasteiger partial charge in [-0.1, -0.05) is 53.6 Å². The molecule has 0 aliphatic heterocycles. The van der Waals surface area contributed by atoms with Crippen LogP contribution in [0.25, 0.3) is 0 Å². The van der Waals surface area contributed by atoms with Crippen LogP contribution in [0.5, 0.6) is 5.75 Å². The summed E-state index contributed by atoms with van der Waals surface area (Å²) in [6.07, 6.45) is -0.670. The van der Waals surface area contributed by atoms with Crippen molar-refractivity contribution in [2.45, 2.75) is 26.1 Å². The van der Waals surface area contributed by atoms with E-state index in [4.69, 9.17) is 16.3 Å². The van der Waals surface area contributed by atoms with Crippen molar-refractivity contribution in [1.29, 1.82) is 0 Å². The lowest BCUT2D eigenvalue weighted by Crippen LogP contribution is -2.35. The lowest BCUT2D eigenvalue weighted by atomic mass is 10.1. The number of nitrogens with zero attached hydrogens (tertiary/aromatic N) is 1. The minimum atomic E-state index is -0.670. The highest BCUT2D eigenvalue weighted by atomic mass is 35.5. The van der Waals surface area contributed by atoms with Crippen LogP contribution in [0, 0.1) is 12.7 Å². The molecule has 3 nitrogen and oxygen atoms in total. The standard InChI is InChI=1S/C24H25ClFNO2/c1-18-2-4-19(5-3-18)14-27(15-20-6-10-22(26)11-7-20)16-23(28)17-29-24-12-8-21(25)9-13-24/h2-13,23,28H,14-17H2,1H3/t23-/m1/s1. The van der Waals surface area contributed by atoms with Crippen LogP contribution in [-0.4, -0.2) is 29.3 Å². The van der Waals surface area contributed by atoms with Gasteiger partial charge in [0.1, 0.15) is 24.3 Å². The van der Waals surface area contributed by atoms with E-state index in [9.17, 15) is 9.50 Å². The van der Waals surface area contributed by atoms with Gasteiger partial charge in [0.25, 0.3) is 0 Å². The Hall–Kier alpha value is -2.40. The van der Waals surface area contributed by atoms with Crippen LogP contribution >= 0.6 is 11.6 Å². The maximum Gasteiger partial charge on any atom is 0.123 e. The fourth-order valence-corrected chi connectivity index (χ4v) is 3.18. The van der Waals surface area contributed by atoms with Crippen LogP contribution in [0.3, 0.4) is 0 Å². The first kappa shape index (κ1) is 21.3. The second kappa shape index (κ2) is 10.4. The molecular formula is C24H25ClFNO2. The van der Waals surface area contributed by atoms with Gasteiger partial charge >= 0.3 is 0 Å². The third-order valence-electron chi connectivity index (χ3n) is 4.57. The Labute approximate surface area is 176 Å². The van der Waals surface area contributed by atoms with Gasteiger partial charge in [-0.3, -0.25) is 4.90 Å². The van der Waals surface area contributed by atoms with Gasteiger partial charge in [-0.25, -0.2) is 4.39 Å². The molecule has 0 amide bonds. The van der Waals surface area contributed by atoms with E-state index < -0.39 is 6.10 Å². The molecule has 0 aliphatic rings. The number of rotatable bonds is 9. The lowest BCUT2D eigenvalue weighted by Gasteiger charge is -2.25. The van der Waals surface area contributed by atoms with Crippen LogP contribution in [0.15, 0.2) is 72.8 Å². The molecule has 5 heteroatoms. The summed E-state index contributed by atoms with van der Waals surface area (Å²) in [6, 6.07) is 21.8. The number of hydrogen-bond donors (Lipinski definition) is 1. The Morgan fingerprint density at radius 3 is 2.03 bits per heavy atom. The van der Waals surface area contributed by atoms with E-state index >= 15 is 0 Å². The number of aliphatic hydroxyl groups is 1. The Balaban J connectivity index is 1.63. The topological polar surface area (TPSA) is 32.7 Å². The third-order valence-corrected chi connectivity index (χ3v) is 4.82. The molecule has 0 saturated carbocycles. The lowest BCUT2D eigenvalue weighted by molar-refractivity contribution is 0.0628. The third kappa shape index (κ3) is 7.17. The van der Waals surface area contributed by atoms with Crippen molar-refractivity contribution in [2.75, 3.05) is 13.2 Å². The highest BCUT2D eigenvalue weighted by Crippen LogP contribution is 2.16. The largest absolute Gasteiger partial charge is 0.491 e. The smallest absolute Gasteiger partial charge is 0.123 e. The van der Waals surface area contributed by atoms with Crippen molar-refractivity contribution in [3.8, 4) is 5.75 Å². The number of benzene rings is 3. The first-order valence-corrected chi connectivity index (χ1v) is 9.94. The quantitative estimate of drug-likeness (QED) is 0.521. The van der Waals surface area contributed by atoms with Crippen molar-refractivity contribution < 1.29 is 14.2 Å². The van der Waals surface area contributed by atoms with Crippen molar-refractivity contribution in [2.24, 2.45) is 0 Å². The van der Waals surface area contributed by atoms with Gasteiger partial charge in [-0.05, 0) is 54.4 Å². The Morgan fingerprint density at radius 2 is 1.45 bits per heavy atom. The van der Waals surface area contributed by atoms with Gasteiger partial charge in [0.2, 0.25) is 0 Å². The number of hydrogen-bond acceptors (Lipinski definition) is 3. The van der Waals surface area contributed by atoms with Crippen molar-refractivity contribution >= 4 is 11.6 Å². The second-order valence-corrected chi connectivity index (χ2v) is 7.64. The summed E-state index contributed by atoms with van der Waals surface area (Å²) in [5, 5.41) is 11.2. The van der Waals surface area contributed by atoms with Crippen LogP contribution in [0.4, 0.5) is 4.39 Å². The molecule has 0 spiro atoms. The van der Waals surface area contributed by atoms with Crippen molar-refractivity contribution in [3.05, 3.63) is 100 Å². The maximum absolute atomic E-state index is 13.2. The van der Waals surface area contributed by atoms with E-state index in [-0.39, 0.29) is 12.4 Å². The number of halogens is 2. The maximum atomic E-state index is 13.2. The minimum Gasteiger partial charge on any atom is -0.491 e. The molecule has 0 saturated heterocycles. The summed E-state index contributed by atoms with van der Waals surface area (Å²) in [6.45, 7) is 3.94. The summed E-state index contributed by atoms with van der Waals surface area (Å²) < 4.78 is 18.9. The molecular weight excluding hydrogens is 389 g/mol. The molecule has 0 bridgehead atoms. The fraction of sp³-hybridized carbons (Fsp3) is 0.250. The monoisotopic (exact) mass is 413 g/mol. The summed E-state index contributed by atoms with van der Waals surface area (Å²) in [5.74, 6) is 0.410. The minimum absolute atomic E-state index is 0.176. The highest BCUT2D eigenvalue weighted by molar-refractivity contribution is 6.30. The molecule has 152 valence electrons. The molecule has 0 fully saturated rings. The Morgan fingerprint density at radius 1 is 0.897 bits per heavy atom. The SMILES string of the molecule is Cc1ccc(CN(Cc2ccc(F)cc2)C[C@@H](O)COc2ccc(Cl)cc2)cc1. The molecule has 1 N–H and O–H groups in total. The van der Waals surface area contributed by atoms with E-state index in [1.54, 1.807) is 36.4 Å². The van der Waals surface area contributed by atoms with Crippen LogP contribution in [-0.2, 0) is 13.1 Å².